The van der Waals surface area contributed by atoms with Gasteiger partial charge in [0.2, 0.25) is 0 Å². The van der Waals surface area contributed by atoms with Gasteiger partial charge in [-0.3, -0.25) is 9.59 Å². The molecule has 0 unspecified atom stereocenters. The molecule has 1 saturated carbocycles. The summed E-state index contributed by atoms with van der Waals surface area (Å²) in [6.07, 6.45) is 0.934. The van der Waals surface area contributed by atoms with Crippen molar-refractivity contribution in [3.63, 3.8) is 0 Å². The summed E-state index contributed by atoms with van der Waals surface area (Å²) in [5, 5.41) is 16.3. The van der Waals surface area contributed by atoms with Gasteiger partial charge in [0.25, 0.3) is 11.6 Å². The van der Waals surface area contributed by atoms with Crippen LogP contribution in [0.15, 0.2) is 10.6 Å². The molecular formula is C16H19N3O4. The van der Waals surface area contributed by atoms with E-state index in [-0.39, 0.29) is 23.8 Å². The van der Waals surface area contributed by atoms with E-state index in [1.165, 1.54) is 0 Å². The molecule has 7 nitrogen and oxygen atoms in total. The summed E-state index contributed by atoms with van der Waals surface area (Å²) in [6, 6.07) is 1.66. The minimum Gasteiger partial charge on any atom is -0.481 e. The lowest BCUT2D eigenvalue weighted by Gasteiger charge is -2.32. The first-order chi connectivity index (χ1) is 10.9. The van der Waals surface area contributed by atoms with Crippen molar-refractivity contribution in [3.8, 4) is 0 Å². The molecule has 0 radical (unpaired) electrons. The highest BCUT2D eigenvalue weighted by Gasteiger charge is 2.35. The van der Waals surface area contributed by atoms with Gasteiger partial charge in [-0.25, -0.2) is 4.98 Å². The third-order valence-electron chi connectivity index (χ3n) is 4.30. The molecule has 3 rings (SSSR count). The summed E-state index contributed by atoms with van der Waals surface area (Å²) in [6.45, 7) is 5.74. The van der Waals surface area contributed by atoms with Gasteiger partial charge in [0, 0.05) is 11.7 Å². The van der Waals surface area contributed by atoms with Gasteiger partial charge in [0.15, 0.2) is 0 Å². The van der Waals surface area contributed by atoms with Crippen LogP contribution in [0.3, 0.4) is 0 Å². The molecule has 0 aliphatic heterocycles. The molecular weight excluding hydrogens is 298 g/mol. The lowest BCUT2D eigenvalue weighted by molar-refractivity contribution is -0.145. The molecule has 0 saturated heterocycles. The Morgan fingerprint density at radius 1 is 1.39 bits per heavy atom. The first kappa shape index (κ1) is 15.5. The predicted molar refractivity (Wildman–Crippen MR) is 82.2 cm³/mol. The number of aromatic nitrogens is 2. The molecule has 1 fully saturated rings. The molecule has 2 aromatic rings. The van der Waals surface area contributed by atoms with Crippen molar-refractivity contribution in [2.24, 2.45) is 5.92 Å². The fourth-order valence-corrected chi connectivity index (χ4v) is 2.79. The van der Waals surface area contributed by atoms with Gasteiger partial charge < -0.3 is 14.9 Å². The van der Waals surface area contributed by atoms with E-state index in [4.69, 9.17) is 9.63 Å². The SMILES string of the molecule is Cc1noc2nc(C(C)C)cc(C(=O)NC3CC(C(=O)O)C3)c12. The van der Waals surface area contributed by atoms with Crippen LogP contribution in [0.25, 0.3) is 11.1 Å². The van der Waals surface area contributed by atoms with E-state index < -0.39 is 5.97 Å². The van der Waals surface area contributed by atoms with Crippen LogP contribution in [-0.2, 0) is 4.79 Å². The number of aryl methyl sites for hydroxylation is 1. The van der Waals surface area contributed by atoms with Crippen molar-refractivity contribution in [3.05, 3.63) is 23.0 Å². The lowest BCUT2D eigenvalue weighted by atomic mass is 9.80. The van der Waals surface area contributed by atoms with Crippen LogP contribution in [0, 0.1) is 12.8 Å². The zero-order valence-corrected chi connectivity index (χ0v) is 13.3. The van der Waals surface area contributed by atoms with Crippen molar-refractivity contribution < 1.29 is 19.2 Å². The van der Waals surface area contributed by atoms with Crippen LogP contribution in [0.2, 0.25) is 0 Å². The molecule has 23 heavy (non-hydrogen) atoms. The van der Waals surface area contributed by atoms with Crippen molar-refractivity contribution in [2.75, 3.05) is 0 Å². The zero-order chi connectivity index (χ0) is 16.7. The molecule has 2 heterocycles. The average Bonchev–Trinajstić information content (AvgIpc) is 2.82. The van der Waals surface area contributed by atoms with Crippen molar-refractivity contribution in [2.45, 2.75) is 45.6 Å². The van der Waals surface area contributed by atoms with E-state index in [1.807, 2.05) is 13.8 Å². The Morgan fingerprint density at radius 2 is 2.09 bits per heavy atom. The number of hydrogen-bond acceptors (Lipinski definition) is 5. The number of carbonyl (C=O) groups is 2. The van der Waals surface area contributed by atoms with Gasteiger partial charge in [-0.2, -0.15) is 0 Å². The minimum atomic E-state index is -0.807. The third-order valence-corrected chi connectivity index (χ3v) is 4.30. The van der Waals surface area contributed by atoms with Gasteiger partial charge in [-0.15, -0.1) is 0 Å². The predicted octanol–water partition coefficient (Wildman–Crippen LogP) is 2.25. The van der Waals surface area contributed by atoms with E-state index in [9.17, 15) is 9.59 Å². The second kappa shape index (κ2) is 5.64. The van der Waals surface area contributed by atoms with E-state index in [1.54, 1.807) is 13.0 Å². The number of carbonyl (C=O) groups excluding carboxylic acids is 1. The van der Waals surface area contributed by atoms with Crippen molar-refractivity contribution in [1.29, 1.82) is 0 Å². The van der Waals surface area contributed by atoms with Crippen LogP contribution in [0.4, 0.5) is 0 Å². The topological polar surface area (TPSA) is 105 Å². The van der Waals surface area contributed by atoms with Crippen LogP contribution in [0.1, 0.15) is 54.4 Å². The number of pyridine rings is 1. The van der Waals surface area contributed by atoms with E-state index >= 15 is 0 Å². The van der Waals surface area contributed by atoms with Gasteiger partial charge in [0.05, 0.1) is 22.6 Å². The van der Waals surface area contributed by atoms with Crippen LogP contribution in [0.5, 0.6) is 0 Å². The Morgan fingerprint density at radius 3 is 2.70 bits per heavy atom. The first-order valence-corrected chi connectivity index (χ1v) is 7.67. The van der Waals surface area contributed by atoms with Crippen molar-refractivity contribution >= 4 is 23.0 Å². The summed E-state index contributed by atoms with van der Waals surface area (Å²) in [4.78, 5) is 27.9. The number of aliphatic carboxylic acids is 1. The number of rotatable bonds is 4. The second-order valence-electron chi connectivity index (χ2n) is 6.37. The van der Waals surface area contributed by atoms with Crippen LogP contribution >= 0.6 is 0 Å². The molecule has 2 N–H and O–H groups in total. The molecule has 0 atom stereocenters. The molecule has 0 aromatic carbocycles. The quantitative estimate of drug-likeness (QED) is 0.896. The van der Waals surface area contributed by atoms with Gasteiger partial charge in [-0.05, 0) is 31.7 Å². The number of hydrogen-bond donors (Lipinski definition) is 2. The first-order valence-electron chi connectivity index (χ1n) is 7.67. The minimum absolute atomic E-state index is 0.102. The molecule has 122 valence electrons. The normalized spacial score (nSPS) is 20.5. The molecule has 1 aliphatic carbocycles. The fourth-order valence-electron chi connectivity index (χ4n) is 2.79. The maximum Gasteiger partial charge on any atom is 0.306 e. The number of fused-ring (bicyclic) bond motifs is 1. The van der Waals surface area contributed by atoms with E-state index in [2.05, 4.69) is 15.5 Å². The van der Waals surface area contributed by atoms with Crippen LogP contribution < -0.4 is 5.32 Å². The zero-order valence-electron chi connectivity index (χ0n) is 13.3. The average molecular weight is 317 g/mol. The summed E-state index contributed by atoms with van der Waals surface area (Å²) in [5.74, 6) is -1.25. The fraction of sp³-hybridized carbons (Fsp3) is 0.500. The second-order valence-corrected chi connectivity index (χ2v) is 6.37. The summed E-state index contributed by atoms with van der Waals surface area (Å²) >= 11 is 0. The van der Waals surface area contributed by atoms with E-state index in [0.717, 1.165) is 5.69 Å². The Hall–Kier alpha value is -2.44. The van der Waals surface area contributed by atoms with Crippen LogP contribution in [-0.4, -0.2) is 33.2 Å². The number of carboxylic acids is 1. The summed E-state index contributed by atoms with van der Waals surface area (Å²) < 4.78 is 5.21. The Balaban J connectivity index is 1.87. The molecule has 1 aliphatic rings. The Labute approximate surface area is 133 Å². The van der Waals surface area contributed by atoms with Gasteiger partial charge in [-0.1, -0.05) is 19.0 Å². The highest BCUT2D eigenvalue weighted by molar-refractivity contribution is 6.06. The standard InChI is InChI=1S/C16H19N3O4/c1-7(2)12-6-11(13-8(3)19-23-15(13)18-12)14(20)17-10-4-9(5-10)16(21)22/h6-7,9-10H,4-5H2,1-3H3,(H,17,20)(H,21,22). The van der Waals surface area contributed by atoms with Crippen molar-refractivity contribution in [1.82, 2.24) is 15.5 Å². The number of nitrogens with one attached hydrogen (secondary N) is 1. The Kier molecular flexibility index (Phi) is 3.79. The number of carboxylic acid groups (broad SMARTS) is 1. The third kappa shape index (κ3) is 2.78. The molecule has 1 amide bonds. The summed E-state index contributed by atoms with van der Waals surface area (Å²) in [7, 11) is 0. The molecule has 2 aromatic heterocycles. The summed E-state index contributed by atoms with van der Waals surface area (Å²) in [5.41, 5.74) is 2.22. The maximum atomic E-state index is 12.6. The smallest absolute Gasteiger partial charge is 0.306 e. The van der Waals surface area contributed by atoms with E-state index in [0.29, 0.717) is 35.2 Å². The lowest BCUT2D eigenvalue weighted by Crippen LogP contribution is -2.46. The number of amides is 1. The molecule has 0 spiro atoms. The molecule has 7 heteroatoms. The maximum absolute atomic E-state index is 12.6. The highest BCUT2D eigenvalue weighted by atomic mass is 16.5. The van der Waals surface area contributed by atoms with Gasteiger partial charge >= 0.3 is 5.97 Å². The monoisotopic (exact) mass is 317 g/mol. The highest BCUT2D eigenvalue weighted by Crippen LogP contribution is 2.29. The van der Waals surface area contributed by atoms with Gasteiger partial charge in [0.1, 0.15) is 0 Å². The Bertz CT molecular complexity index is 775. The number of nitrogens with zero attached hydrogens (tertiary/aromatic N) is 2. The largest absolute Gasteiger partial charge is 0.481 e. The molecule has 0 bridgehead atoms.